The minimum atomic E-state index is -0.109. The van der Waals surface area contributed by atoms with Gasteiger partial charge in [-0.05, 0) is 43.3 Å². The molecule has 0 aliphatic rings. The van der Waals surface area contributed by atoms with E-state index in [1.807, 2.05) is 49.4 Å². The van der Waals surface area contributed by atoms with Crippen molar-refractivity contribution in [3.63, 3.8) is 0 Å². The summed E-state index contributed by atoms with van der Waals surface area (Å²) < 4.78 is 10.6. The highest BCUT2D eigenvalue weighted by Crippen LogP contribution is 2.31. The van der Waals surface area contributed by atoms with E-state index < -0.39 is 0 Å². The zero-order valence-electron chi connectivity index (χ0n) is 16.7. The Bertz CT molecular complexity index is 1010. The van der Waals surface area contributed by atoms with Gasteiger partial charge in [0.25, 0.3) is 0 Å². The van der Waals surface area contributed by atoms with Gasteiger partial charge in [0.1, 0.15) is 17.3 Å². The summed E-state index contributed by atoms with van der Waals surface area (Å²) in [4.78, 5) is 20.1. The number of anilines is 5. The summed E-state index contributed by atoms with van der Waals surface area (Å²) >= 11 is 0. The van der Waals surface area contributed by atoms with Crippen LogP contribution in [0.15, 0.2) is 48.5 Å². The van der Waals surface area contributed by atoms with Crippen molar-refractivity contribution in [2.45, 2.75) is 13.8 Å². The number of aromatic nitrogens is 2. The average Bonchev–Trinajstić information content (AvgIpc) is 2.69. The number of nitrogens with zero attached hydrogens (tertiary/aromatic N) is 2. The highest BCUT2D eigenvalue weighted by Gasteiger charge is 2.09. The minimum Gasteiger partial charge on any atom is -0.497 e. The number of nitrogens with one attached hydrogen (secondary N) is 3. The molecule has 0 bridgehead atoms. The normalized spacial score (nSPS) is 10.2. The van der Waals surface area contributed by atoms with Gasteiger partial charge in [-0.15, -0.1) is 0 Å². The average molecular weight is 393 g/mol. The molecule has 2 aromatic carbocycles. The zero-order chi connectivity index (χ0) is 20.8. The molecular weight excluding hydrogens is 370 g/mol. The fraction of sp³-hybridized carbons (Fsp3) is 0.190. The van der Waals surface area contributed by atoms with E-state index >= 15 is 0 Å². The third kappa shape index (κ3) is 5.35. The smallest absolute Gasteiger partial charge is 0.229 e. The number of rotatable bonds is 7. The fourth-order valence-corrected chi connectivity index (χ4v) is 2.70. The molecule has 0 spiro atoms. The Morgan fingerprint density at radius 2 is 1.62 bits per heavy atom. The molecule has 1 heterocycles. The van der Waals surface area contributed by atoms with Crippen molar-refractivity contribution in [3.05, 3.63) is 54.2 Å². The lowest BCUT2D eigenvalue weighted by molar-refractivity contribution is -0.114. The lowest BCUT2D eigenvalue weighted by Crippen LogP contribution is -2.06. The molecule has 0 saturated carbocycles. The first-order valence-electron chi connectivity index (χ1n) is 8.96. The van der Waals surface area contributed by atoms with Crippen molar-refractivity contribution in [1.82, 2.24) is 9.97 Å². The number of hydrogen-bond acceptors (Lipinski definition) is 7. The number of hydrogen-bond donors (Lipinski definition) is 3. The molecular formula is C21H23N5O3. The summed E-state index contributed by atoms with van der Waals surface area (Å²) in [6.07, 6.45) is 0. The number of carbonyl (C=O) groups is 1. The maximum atomic E-state index is 11.1. The first-order chi connectivity index (χ1) is 14.0. The lowest BCUT2D eigenvalue weighted by atomic mass is 10.2. The maximum Gasteiger partial charge on any atom is 0.229 e. The lowest BCUT2D eigenvalue weighted by Gasteiger charge is -2.13. The van der Waals surface area contributed by atoms with Gasteiger partial charge in [0.15, 0.2) is 0 Å². The van der Waals surface area contributed by atoms with E-state index in [4.69, 9.17) is 9.47 Å². The fourth-order valence-electron chi connectivity index (χ4n) is 2.70. The molecule has 0 fully saturated rings. The Hall–Kier alpha value is -3.81. The molecule has 3 aromatic rings. The highest BCUT2D eigenvalue weighted by atomic mass is 16.5. The minimum absolute atomic E-state index is 0.109. The monoisotopic (exact) mass is 393 g/mol. The molecule has 0 atom stereocenters. The summed E-state index contributed by atoms with van der Waals surface area (Å²) in [6.45, 7) is 3.37. The molecule has 1 aromatic heterocycles. The van der Waals surface area contributed by atoms with Gasteiger partial charge in [-0.25, -0.2) is 4.98 Å². The van der Waals surface area contributed by atoms with E-state index in [9.17, 15) is 4.79 Å². The molecule has 3 N–H and O–H groups in total. The second-order valence-corrected chi connectivity index (χ2v) is 6.29. The third-order valence-corrected chi connectivity index (χ3v) is 3.99. The first-order valence-corrected chi connectivity index (χ1v) is 8.96. The molecule has 150 valence electrons. The van der Waals surface area contributed by atoms with Crippen LogP contribution in [0.3, 0.4) is 0 Å². The molecule has 8 heteroatoms. The van der Waals surface area contributed by atoms with Crippen LogP contribution in [0, 0.1) is 6.92 Å². The van der Waals surface area contributed by atoms with Crippen molar-refractivity contribution in [1.29, 1.82) is 0 Å². The Labute approximate surface area is 169 Å². The number of amides is 1. The standard InChI is InChI=1S/C21H23N5O3/c1-13-11-20(24-16-7-5-15(6-8-16)23-14(2)27)26-21(22-13)25-18-10-9-17(28-3)12-19(18)29-4/h5-12H,1-4H3,(H,23,27)(H2,22,24,25,26). The molecule has 0 saturated heterocycles. The van der Waals surface area contributed by atoms with Crippen molar-refractivity contribution in [2.24, 2.45) is 0 Å². The van der Waals surface area contributed by atoms with Gasteiger partial charge in [0, 0.05) is 36.1 Å². The van der Waals surface area contributed by atoms with E-state index in [1.165, 1.54) is 6.92 Å². The SMILES string of the molecule is COc1ccc(Nc2nc(C)cc(Nc3ccc(NC(C)=O)cc3)n2)c(OC)c1. The van der Waals surface area contributed by atoms with Crippen LogP contribution in [0.1, 0.15) is 12.6 Å². The number of ether oxygens (including phenoxy) is 2. The van der Waals surface area contributed by atoms with Gasteiger partial charge >= 0.3 is 0 Å². The van der Waals surface area contributed by atoms with Crippen LogP contribution in [-0.2, 0) is 4.79 Å². The second kappa shape index (κ2) is 8.92. The quantitative estimate of drug-likeness (QED) is 0.552. The number of methoxy groups -OCH3 is 2. The summed E-state index contributed by atoms with van der Waals surface area (Å²) in [5.74, 6) is 2.28. The summed E-state index contributed by atoms with van der Waals surface area (Å²) in [6, 6.07) is 14.7. The van der Waals surface area contributed by atoms with Crippen molar-refractivity contribution in [2.75, 3.05) is 30.2 Å². The zero-order valence-corrected chi connectivity index (χ0v) is 16.7. The van der Waals surface area contributed by atoms with Crippen LogP contribution < -0.4 is 25.4 Å². The van der Waals surface area contributed by atoms with Gasteiger partial charge in [-0.3, -0.25) is 4.79 Å². The first kappa shape index (κ1) is 19.9. The number of carbonyl (C=O) groups excluding carboxylic acids is 1. The predicted octanol–water partition coefficient (Wildman–Crippen LogP) is 4.25. The molecule has 1 amide bonds. The molecule has 3 rings (SSSR count). The number of benzene rings is 2. The van der Waals surface area contributed by atoms with E-state index in [0.717, 1.165) is 22.8 Å². The predicted molar refractivity (Wildman–Crippen MR) is 114 cm³/mol. The molecule has 0 unspecified atom stereocenters. The van der Waals surface area contributed by atoms with Gasteiger partial charge in [-0.2, -0.15) is 4.98 Å². The van der Waals surface area contributed by atoms with E-state index in [1.54, 1.807) is 20.3 Å². The number of aryl methyl sites for hydroxylation is 1. The van der Waals surface area contributed by atoms with E-state index in [-0.39, 0.29) is 5.91 Å². The third-order valence-electron chi connectivity index (χ3n) is 3.99. The van der Waals surface area contributed by atoms with E-state index in [0.29, 0.717) is 23.3 Å². The van der Waals surface area contributed by atoms with Crippen LogP contribution in [-0.4, -0.2) is 30.1 Å². The van der Waals surface area contributed by atoms with Gasteiger partial charge < -0.3 is 25.4 Å². The van der Waals surface area contributed by atoms with Crippen LogP contribution in [0.4, 0.5) is 28.8 Å². The van der Waals surface area contributed by atoms with Gasteiger partial charge in [0.2, 0.25) is 11.9 Å². The summed E-state index contributed by atoms with van der Waals surface area (Å²) in [5.41, 5.74) is 3.10. The van der Waals surface area contributed by atoms with Crippen molar-refractivity contribution in [3.8, 4) is 11.5 Å². The van der Waals surface area contributed by atoms with Gasteiger partial charge in [-0.1, -0.05) is 0 Å². The Kier molecular flexibility index (Phi) is 6.13. The van der Waals surface area contributed by atoms with Crippen molar-refractivity contribution >= 4 is 34.7 Å². The largest absolute Gasteiger partial charge is 0.497 e. The Balaban J connectivity index is 1.79. The summed E-state index contributed by atoms with van der Waals surface area (Å²) in [7, 11) is 3.20. The highest BCUT2D eigenvalue weighted by molar-refractivity contribution is 5.88. The van der Waals surface area contributed by atoms with Crippen LogP contribution in [0.5, 0.6) is 11.5 Å². The molecule has 8 nitrogen and oxygen atoms in total. The Morgan fingerprint density at radius 3 is 2.28 bits per heavy atom. The molecule has 0 radical (unpaired) electrons. The van der Waals surface area contributed by atoms with Crippen molar-refractivity contribution < 1.29 is 14.3 Å². The van der Waals surface area contributed by atoms with Gasteiger partial charge in [0.05, 0.1) is 19.9 Å². The second-order valence-electron chi connectivity index (χ2n) is 6.29. The molecule has 0 aliphatic carbocycles. The van der Waals surface area contributed by atoms with E-state index in [2.05, 4.69) is 25.9 Å². The summed E-state index contributed by atoms with van der Waals surface area (Å²) in [5, 5.41) is 9.16. The van der Waals surface area contributed by atoms with Crippen LogP contribution >= 0.6 is 0 Å². The van der Waals surface area contributed by atoms with Crippen LogP contribution in [0.2, 0.25) is 0 Å². The Morgan fingerprint density at radius 1 is 0.897 bits per heavy atom. The molecule has 0 aliphatic heterocycles. The topological polar surface area (TPSA) is 97.4 Å². The molecule has 29 heavy (non-hydrogen) atoms. The maximum absolute atomic E-state index is 11.1. The van der Waals surface area contributed by atoms with Crippen LogP contribution in [0.25, 0.3) is 0 Å².